The van der Waals surface area contributed by atoms with Gasteiger partial charge in [-0.3, -0.25) is 0 Å². The van der Waals surface area contributed by atoms with Crippen molar-refractivity contribution in [2.24, 2.45) is 0 Å². The van der Waals surface area contributed by atoms with Crippen LogP contribution in [0, 0.1) is 20.8 Å². The summed E-state index contributed by atoms with van der Waals surface area (Å²) in [6.45, 7) is 8.11. The van der Waals surface area contributed by atoms with Crippen molar-refractivity contribution in [3.8, 4) is 0 Å². The first-order valence-corrected chi connectivity index (χ1v) is 5.97. The first-order valence-electron chi connectivity index (χ1n) is 5.97. The molecule has 1 atom stereocenters. The molecule has 0 bridgehead atoms. The van der Waals surface area contributed by atoms with Crippen LogP contribution < -0.4 is 0 Å². The molecule has 0 saturated heterocycles. The van der Waals surface area contributed by atoms with Gasteiger partial charge in [-0.15, -0.1) is 0 Å². The lowest BCUT2D eigenvalue weighted by Gasteiger charge is -2.07. The van der Waals surface area contributed by atoms with Gasteiger partial charge in [0.25, 0.3) is 0 Å². The Balaban J connectivity index is 2.36. The molecule has 0 aliphatic carbocycles. The van der Waals surface area contributed by atoms with E-state index in [0.29, 0.717) is 5.76 Å². The minimum atomic E-state index is -0.706. The Labute approximate surface area is 101 Å². The van der Waals surface area contributed by atoms with Crippen LogP contribution in [-0.2, 0) is 6.42 Å². The molecule has 17 heavy (non-hydrogen) atoms. The third-order valence-electron chi connectivity index (χ3n) is 3.43. The van der Waals surface area contributed by atoms with Gasteiger partial charge in [0.1, 0.15) is 11.5 Å². The van der Waals surface area contributed by atoms with Crippen molar-refractivity contribution in [2.45, 2.75) is 40.2 Å². The smallest absolute Gasteiger partial charge is 0.151 e. The second-order valence-corrected chi connectivity index (χ2v) is 4.47. The third kappa shape index (κ3) is 2.03. The summed E-state index contributed by atoms with van der Waals surface area (Å²) >= 11 is 0. The number of aliphatic hydroxyl groups excluding tert-OH is 1. The van der Waals surface area contributed by atoms with Crippen molar-refractivity contribution < 1.29 is 9.52 Å². The molecule has 0 radical (unpaired) electrons. The number of aliphatic hydroxyl groups is 1. The van der Waals surface area contributed by atoms with Gasteiger partial charge in [0.05, 0.1) is 5.69 Å². The van der Waals surface area contributed by atoms with E-state index >= 15 is 0 Å². The van der Waals surface area contributed by atoms with Gasteiger partial charge in [0, 0.05) is 12.1 Å². The van der Waals surface area contributed by atoms with E-state index in [-0.39, 0.29) is 0 Å². The Hall–Kier alpha value is -1.48. The fourth-order valence-corrected chi connectivity index (χ4v) is 2.02. The highest BCUT2D eigenvalue weighted by Gasteiger charge is 2.20. The van der Waals surface area contributed by atoms with Crippen molar-refractivity contribution in [1.29, 1.82) is 0 Å². The number of aromatic nitrogens is 1. The molecule has 1 unspecified atom stereocenters. The van der Waals surface area contributed by atoms with Crippen LogP contribution >= 0.6 is 0 Å². The lowest BCUT2D eigenvalue weighted by molar-refractivity contribution is 0.182. The highest BCUT2D eigenvalue weighted by atomic mass is 16.4. The topological polar surface area (TPSA) is 49.2 Å². The van der Waals surface area contributed by atoms with Crippen LogP contribution in [0.2, 0.25) is 0 Å². The van der Waals surface area contributed by atoms with Crippen LogP contribution in [0.5, 0.6) is 0 Å². The Bertz CT molecular complexity index is 522. The van der Waals surface area contributed by atoms with Crippen LogP contribution in [0.15, 0.2) is 16.5 Å². The Morgan fingerprint density at radius 3 is 2.41 bits per heavy atom. The van der Waals surface area contributed by atoms with E-state index in [1.807, 2.05) is 32.9 Å². The minimum absolute atomic E-state index is 0.603. The molecule has 2 aromatic rings. The summed E-state index contributed by atoms with van der Waals surface area (Å²) in [6, 6.07) is 3.75. The molecular formula is C14H19NO2. The van der Waals surface area contributed by atoms with Crippen LogP contribution in [0.3, 0.4) is 0 Å². The number of hydrogen-bond acceptors (Lipinski definition) is 2. The third-order valence-corrected chi connectivity index (χ3v) is 3.43. The van der Waals surface area contributed by atoms with E-state index in [1.165, 1.54) is 5.56 Å². The van der Waals surface area contributed by atoms with E-state index in [4.69, 9.17) is 4.42 Å². The predicted octanol–water partition coefficient (Wildman–Crippen LogP) is 3.18. The highest BCUT2D eigenvalue weighted by Crippen LogP contribution is 2.28. The number of aromatic amines is 1. The number of aryl methyl sites for hydroxylation is 2. The molecule has 0 aromatic carbocycles. The molecule has 0 spiro atoms. The zero-order valence-electron chi connectivity index (χ0n) is 10.8. The van der Waals surface area contributed by atoms with E-state index < -0.39 is 6.10 Å². The van der Waals surface area contributed by atoms with Crippen LogP contribution in [-0.4, -0.2) is 10.1 Å². The fourth-order valence-electron chi connectivity index (χ4n) is 2.02. The van der Waals surface area contributed by atoms with Gasteiger partial charge in [0.2, 0.25) is 0 Å². The maximum Gasteiger partial charge on any atom is 0.151 e. The van der Waals surface area contributed by atoms with Gasteiger partial charge in [-0.1, -0.05) is 6.92 Å². The second-order valence-electron chi connectivity index (χ2n) is 4.47. The van der Waals surface area contributed by atoms with Gasteiger partial charge >= 0.3 is 0 Å². The molecule has 92 valence electrons. The zero-order valence-corrected chi connectivity index (χ0v) is 10.8. The molecule has 3 heteroatoms. The molecular weight excluding hydrogens is 214 g/mol. The molecule has 0 fully saturated rings. The molecule has 0 aliphatic heterocycles. The summed E-state index contributed by atoms with van der Waals surface area (Å²) < 4.78 is 5.58. The first kappa shape index (κ1) is 12.0. The van der Waals surface area contributed by atoms with E-state index in [0.717, 1.165) is 29.1 Å². The number of H-pyrrole nitrogens is 1. The molecule has 2 N–H and O–H groups in total. The maximum atomic E-state index is 10.3. The number of rotatable bonds is 3. The monoisotopic (exact) mass is 233 g/mol. The first-order chi connectivity index (χ1) is 8.04. The van der Waals surface area contributed by atoms with Crippen LogP contribution in [0.4, 0.5) is 0 Å². The summed E-state index contributed by atoms with van der Waals surface area (Å²) in [6.07, 6.45) is 0.136. The van der Waals surface area contributed by atoms with Gasteiger partial charge in [-0.2, -0.15) is 0 Å². The molecule has 0 saturated carbocycles. The van der Waals surface area contributed by atoms with Gasteiger partial charge in [0.15, 0.2) is 6.10 Å². The predicted molar refractivity (Wildman–Crippen MR) is 67.2 cm³/mol. The fraction of sp³-hybridized carbons (Fsp3) is 0.429. The highest BCUT2D eigenvalue weighted by molar-refractivity contribution is 5.37. The zero-order chi connectivity index (χ0) is 12.6. The molecule has 0 aliphatic rings. The Kier molecular flexibility index (Phi) is 3.11. The standard InChI is InChI=1S/C14H19NO2/c1-5-11-6-7-12(17-11)14(16)13-9(3)8(2)10(4)15-13/h6-7,14-16H,5H2,1-4H3. The number of nitrogens with one attached hydrogen (secondary N) is 1. The molecule has 2 aromatic heterocycles. The van der Waals surface area contributed by atoms with Crippen LogP contribution in [0.25, 0.3) is 0 Å². The van der Waals surface area contributed by atoms with Crippen molar-refractivity contribution >= 4 is 0 Å². The van der Waals surface area contributed by atoms with Crippen molar-refractivity contribution in [2.75, 3.05) is 0 Å². The summed E-state index contributed by atoms with van der Waals surface area (Å²) in [5, 5.41) is 10.3. The van der Waals surface area contributed by atoms with E-state index in [9.17, 15) is 5.11 Å². The Morgan fingerprint density at radius 2 is 1.94 bits per heavy atom. The van der Waals surface area contributed by atoms with Gasteiger partial charge in [-0.05, 0) is 44.0 Å². The second kappa shape index (κ2) is 4.41. The average Bonchev–Trinajstić information content (AvgIpc) is 2.89. The van der Waals surface area contributed by atoms with E-state index in [2.05, 4.69) is 11.9 Å². The SMILES string of the molecule is CCc1ccc(C(O)c2[nH]c(C)c(C)c2C)o1. The maximum absolute atomic E-state index is 10.3. The molecule has 0 amide bonds. The van der Waals surface area contributed by atoms with Gasteiger partial charge < -0.3 is 14.5 Å². The molecule has 2 rings (SSSR count). The van der Waals surface area contributed by atoms with Crippen molar-refractivity contribution in [1.82, 2.24) is 4.98 Å². The van der Waals surface area contributed by atoms with Crippen LogP contribution in [0.1, 0.15) is 47.1 Å². The minimum Gasteiger partial charge on any atom is -0.463 e. The summed E-state index contributed by atoms with van der Waals surface area (Å²) in [5.74, 6) is 1.50. The lowest BCUT2D eigenvalue weighted by atomic mass is 10.1. The Morgan fingerprint density at radius 1 is 1.24 bits per heavy atom. The van der Waals surface area contributed by atoms with Crippen molar-refractivity contribution in [3.05, 3.63) is 46.2 Å². The van der Waals surface area contributed by atoms with Gasteiger partial charge in [-0.25, -0.2) is 0 Å². The normalized spacial score (nSPS) is 13.0. The number of furan rings is 1. The summed E-state index contributed by atoms with van der Waals surface area (Å²) in [4.78, 5) is 3.23. The van der Waals surface area contributed by atoms with E-state index in [1.54, 1.807) is 0 Å². The molecule has 3 nitrogen and oxygen atoms in total. The largest absolute Gasteiger partial charge is 0.463 e. The number of hydrogen-bond donors (Lipinski definition) is 2. The lowest BCUT2D eigenvalue weighted by Crippen LogP contribution is -2.00. The van der Waals surface area contributed by atoms with Crippen molar-refractivity contribution in [3.63, 3.8) is 0 Å². The summed E-state index contributed by atoms with van der Waals surface area (Å²) in [7, 11) is 0. The average molecular weight is 233 g/mol. The summed E-state index contributed by atoms with van der Waals surface area (Å²) in [5.41, 5.74) is 4.22. The molecule has 2 heterocycles. The quantitative estimate of drug-likeness (QED) is 0.855.